The maximum Gasteiger partial charge on any atom is 0.161 e. The van der Waals surface area contributed by atoms with Gasteiger partial charge in [-0.25, -0.2) is 0 Å². The normalized spacial score (nSPS) is 16.2. The first-order valence-electron chi connectivity index (χ1n) is 7.21. The first-order valence-corrected chi connectivity index (χ1v) is 7.21. The van der Waals surface area contributed by atoms with Gasteiger partial charge in [-0.15, -0.1) is 0 Å². The summed E-state index contributed by atoms with van der Waals surface area (Å²) in [6.45, 7) is 3.15. The third-order valence-electron chi connectivity index (χ3n) is 3.85. The number of hydrogen-bond donors (Lipinski definition) is 1. The Morgan fingerprint density at radius 2 is 1.95 bits per heavy atom. The number of ether oxygens (including phenoxy) is 2. The van der Waals surface area contributed by atoms with E-state index >= 15 is 0 Å². The van der Waals surface area contributed by atoms with Crippen LogP contribution in [0.15, 0.2) is 18.2 Å². The molecule has 1 aromatic rings. The van der Waals surface area contributed by atoms with Gasteiger partial charge in [-0.1, -0.05) is 25.8 Å². The van der Waals surface area contributed by atoms with Crippen molar-refractivity contribution in [2.45, 2.75) is 45.2 Å². The topological polar surface area (TPSA) is 30.5 Å². The lowest BCUT2D eigenvalue weighted by molar-refractivity contribution is 0.354. The van der Waals surface area contributed by atoms with Gasteiger partial charge in [-0.2, -0.15) is 0 Å². The van der Waals surface area contributed by atoms with Crippen LogP contribution in [-0.4, -0.2) is 20.3 Å². The molecule has 0 radical (unpaired) electrons. The molecule has 1 N–H and O–H groups in total. The third-order valence-corrected chi connectivity index (χ3v) is 3.85. The summed E-state index contributed by atoms with van der Waals surface area (Å²) in [4.78, 5) is 0. The summed E-state index contributed by atoms with van der Waals surface area (Å²) in [7, 11) is 3.34. The average Bonchev–Trinajstić information content (AvgIpc) is 3.26. The zero-order valence-corrected chi connectivity index (χ0v) is 12.2. The molecule has 1 atom stereocenters. The minimum absolute atomic E-state index is 0.639. The minimum Gasteiger partial charge on any atom is -0.493 e. The third kappa shape index (κ3) is 4.13. The molecular weight excluding hydrogens is 238 g/mol. The molecule has 106 valence electrons. The van der Waals surface area contributed by atoms with Gasteiger partial charge in [0, 0.05) is 12.6 Å². The summed E-state index contributed by atoms with van der Waals surface area (Å²) in [5, 5.41) is 3.65. The Labute approximate surface area is 116 Å². The van der Waals surface area contributed by atoms with E-state index in [-0.39, 0.29) is 0 Å². The monoisotopic (exact) mass is 263 g/mol. The standard InChI is InChI=1S/C16H25NO2/c1-4-14(9-12-5-6-12)17-11-13-7-8-15(18-2)16(10-13)19-3/h7-8,10,12,14,17H,4-6,9,11H2,1-3H3. The maximum atomic E-state index is 5.33. The summed E-state index contributed by atoms with van der Waals surface area (Å²) in [6.07, 6.45) is 5.37. The molecule has 0 amide bonds. The molecule has 1 unspecified atom stereocenters. The summed E-state index contributed by atoms with van der Waals surface area (Å²) in [5.74, 6) is 2.57. The molecule has 3 nitrogen and oxygen atoms in total. The highest BCUT2D eigenvalue weighted by molar-refractivity contribution is 5.42. The smallest absolute Gasteiger partial charge is 0.161 e. The Hall–Kier alpha value is -1.22. The van der Waals surface area contributed by atoms with Gasteiger partial charge in [0.2, 0.25) is 0 Å². The minimum atomic E-state index is 0.639. The number of benzene rings is 1. The first kappa shape index (κ1) is 14.2. The van der Waals surface area contributed by atoms with Crippen molar-refractivity contribution in [1.82, 2.24) is 5.32 Å². The van der Waals surface area contributed by atoms with Crippen LogP contribution < -0.4 is 14.8 Å². The van der Waals surface area contributed by atoms with Gasteiger partial charge in [-0.05, 0) is 36.5 Å². The lowest BCUT2D eigenvalue weighted by Crippen LogP contribution is -2.28. The van der Waals surface area contributed by atoms with Gasteiger partial charge < -0.3 is 14.8 Å². The van der Waals surface area contributed by atoms with Crippen molar-refractivity contribution in [2.75, 3.05) is 14.2 Å². The molecule has 1 fully saturated rings. The van der Waals surface area contributed by atoms with E-state index in [1.165, 1.54) is 31.2 Å². The molecule has 0 saturated heterocycles. The molecule has 1 aliphatic rings. The fourth-order valence-corrected chi connectivity index (χ4v) is 2.40. The number of hydrogen-bond acceptors (Lipinski definition) is 3. The van der Waals surface area contributed by atoms with Crippen LogP contribution in [0, 0.1) is 5.92 Å². The Morgan fingerprint density at radius 1 is 1.21 bits per heavy atom. The van der Waals surface area contributed by atoms with E-state index in [1.54, 1.807) is 14.2 Å². The molecule has 0 heterocycles. The van der Waals surface area contributed by atoms with Gasteiger partial charge in [0.1, 0.15) is 0 Å². The van der Waals surface area contributed by atoms with Crippen LogP contribution in [-0.2, 0) is 6.54 Å². The second-order valence-corrected chi connectivity index (χ2v) is 5.35. The molecule has 2 rings (SSSR count). The van der Waals surface area contributed by atoms with Gasteiger partial charge >= 0.3 is 0 Å². The summed E-state index contributed by atoms with van der Waals surface area (Å²) in [6, 6.07) is 6.76. The van der Waals surface area contributed by atoms with E-state index in [4.69, 9.17) is 9.47 Å². The summed E-state index contributed by atoms with van der Waals surface area (Å²) in [5.41, 5.74) is 1.24. The van der Waals surface area contributed by atoms with Gasteiger partial charge in [0.05, 0.1) is 14.2 Å². The second-order valence-electron chi connectivity index (χ2n) is 5.35. The van der Waals surface area contributed by atoms with Crippen LogP contribution in [0.1, 0.15) is 38.2 Å². The van der Waals surface area contributed by atoms with E-state index in [9.17, 15) is 0 Å². The molecule has 0 aliphatic heterocycles. The number of methoxy groups -OCH3 is 2. The van der Waals surface area contributed by atoms with Gasteiger partial charge in [0.15, 0.2) is 11.5 Å². The molecule has 0 bridgehead atoms. The highest BCUT2D eigenvalue weighted by atomic mass is 16.5. The largest absolute Gasteiger partial charge is 0.493 e. The molecule has 1 saturated carbocycles. The quantitative estimate of drug-likeness (QED) is 0.780. The molecule has 0 aromatic heterocycles. The molecular formula is C16H25NO2. The van der Waals surface area contributed by atoms with Gasteiger partial charge in [0.25, 0.3) is 0 Å². The SMILES string of the molecule is CCC(CC1CC1)NCc1ccc(OC)c(OC)c1. The van der Waals surface area contributed by atoms with Gasteiger partial charge in [-0.3, -0.25) is 0 Å². The maximum absolute atomic E-state index is 5.33. The lowest BCUT2D eigenvalue weighted by atomic mass is 10.1. The van der Waals surface area contributed by atoms with E-state index in [0.29, 0.717) is 6.04 Å². The lowest BCUT2D eigenvalue weighted by Gasteiger charge is -2.17. The van der Waals surface area contributed by atoms with Crippen LogP contribution in [0.25, 0.3) is 0 Å². The Morgan fingerprint density at radius 3 is 2.53 bits per heavy atom. The summed E-state index contributed by atoms with van der Waals surface area (Å²) >= 11 is 0. The average molecular weight is 263 g/mol. The highest BCUT2D eigenvalue weighted by Gasteiger charge is 2.24. The van der Waals surface area contributed by atoms with E-state index in [2.05, 4.69) is 24.4 Å². The van der Waals surface area contributed by atoms with Crippen molar-refractivity contribution in [3.63, 3.8) is 0 Å². The van der Waals surface area contributed by atoms with Crippen molar-refractivity contribution in [1.29, 1.82) is 0 Å². The fourth-order valence-electron chi connectivity index (χ4n) is 2.40. The highest BCUT2D eigenvalue weighted by Crippen LogP contribution is 2.34. The van der Waals surface area contributed by atoms with Crippen molar-refractivity contribution in [3.8, 4) is 11.5 Å². The Kier molecular flexibility index (Phi) is 5.08. The van der Waals surface area contributed by atoms with Crippen LogP contribution in [0.2, 0.25) is 0 Å². The van der Waals surface area contributed by atoms with Crippen molar-refractivity contribution >= 4 is 0 Å². The molecule has 1 aromatic carbocycles. The zero-order valence-electron chi connectivity index (χ0n) is 12.2. The predicted octanol–water partition coefficient (Wildman–Crippen LogP) is 3.37. The van der Waals surface area contributed by atoms with E-state index in [1.807, 2.05) is 6.07 Å². The number of rotatable bonds is 8. The van der Waals surface area contributed by atoms with Crippen molar-refractivity contribution in [3.05, 3.63) is 23.8 Å². The Balaban J connectivity index is 1.90. The second kappa shape index (κ2) is 6.80. The summed E-state index contributed by atoms with van der Waals surface area (Å²) < 4.78 is 10.6. The fraction of sp³-hybridized carbons (Fsp3) is 0.625. The number of nitrogens with one attached hydrogen (secondary N) is 1. The zero-order chi connectivity index (χ0) is 13.7. The predicted molar refractivity (Wildman–Crippen MR) is 77.8 cm³/mol. The molecule has 0 spiro atoms. The van der Waals surface area contributed by atoms with E-state index < -0.39 is 0 Å². The van der Waals surface area contributed by atoms with Crippen LogP contribution >= 0.6 is 0 Å². The van der Waals surface area contributed by atoms with Crippen molar-refractivity contribution in [2.24, 2.45) is 5.92 Å². The van der Waals surface area contributed by atoms with E-state index in [0.717, 1.165) is 24.0 Å². The van der Waals surface area contributed by atoms with Crippen LogP contribution in [0.4, 0.5) is 0 Å². The van der Waals surface area contributed by atoms with Crippen molar-refractivity contribution < 1.29 is 9.47 Å². The Bertz CT molecular complexity index is 402. The van der Waals surface area contributed by atoms with Crippen LogP contribution in [0.3, 0.4) is 0 Å². The molecule has 3 heteroatoms. The van der Waals surface area contributed by atoms with Crippen LogP contribution in [0.5, 0.6) is 11.5 Å². The molecule has 19 heavy (non-hydrogen) atoms. The first-order chi connectivity index (χ1) is 9.26. The molecule has 1 aliphatic carbocycles.